The van der Waals surface area contributed by atoms with Gasteiger partial charge >= 0.3 is 0 Å². The van der Waals surface area contributed by atoms with Gasteiger partial charge in [0.25, 0.3) is 5.91 Å². The summed E-state index contributed by atoms with van der Waals surface area (Å²) in [6.07, 6.45) is 0.714. The molecular formula is C23H21NO4. The van der Waals surface area contributed by atoms with Gasteiger partial charge in [0.05, 0.1) is 12.7 Å². The van der Waals surface area contributed by atoms with E-state index in [9.17, 15) is 4.79 Å². The Hall–Kier alpha value is -3.47. The maximum absolute atomic E-state index is 12.8. The van der Waals surface area contributed by atoms with Crippen molar-refractivity contribution in [3.05, 3.63) is 83.4 Å². The average Bonchev–Trinajstić information content (AvgIpc) is 2.74. The number of hydrogen-bond acceptors (Lipinski definition) is 4. The van der Waals surface area contributed by atoms with Gasteiger partial charge in [0.15, 0.2) is 11.5 Å². The van der Waals surface area contributed by atoms with Crippen LogP contribution in [-0.4, -0.2) is 26.2 Å². The molecule has 1 amide bonds. The molecule has 4 rings (SSSR count). The number of para-hydroxylation sites is 1. The van der Waals surface area contributed by atoms with Gasteiger partial charge < -0.3 is 19.5 Å². The molecule has 0 saturated carbocycles. The maximum atomic E-state index is 12.8. The van der Waals surface area contributed by atoms with Crippen molar-refractivity contribution < 1.29 is 19.0 Å². The number of methoxy groups -OCH3 is 1. The molecule has 0 spiro atoms. The summed E-state index contributed by atoms with van der Waals surface area (Å²) in [5.74, 6) is 1.64. The average molecular weight is 375 g/mol. The number of hydrogen-bond donors (Lipinski definition) is 1. The molecule has 1 N–H and O–H groups in total. The van der Waals surface area contributed by atoms with Gasteiger partial charge in [0.1, 0.15) is 19.0 Å². The number of rotatable bonds is 5. The van der Waals surface area contributed by atoms with E-state index >= 15 is 0 Å². The Morgan fingerprint density at radius 1 is 1.00 bits per heavy atom. The first-order valence-electron chi connectivity index (χ1n) is 9.15. The van der Waals surface area contributed by atoms with Crippen molar-refractivity contribution in [3.63, 3.8) is 0 Å². The van der Waals surface area contributed by atoms with E-state index in [1.54, 1.807) is 25.3 Å². The molecule has 5 nitrogen and oxygen atoms in total. The Labute approximate surface area is 163 Å². The zero-order valence-electron chi connectivity index (χ0n) is 15.6. The fourth-order valence-corrected chi connectivity index (χ4v) is 3.26. The normalized spacial score (nSPS) is 12.3. The summed E-state index contributed by atoms with van der Waals surface area (Å²) in [5, 5.41) is 2.96. The van der Waals surface area contributed by atoms with Crippen LogP contribution < -0.4 is 19.5 Å². The number of carbonyl (C=O) groups excluding carboxylic acids is 1. The molecule has 0 unspecified atom stereocenters. The summed E-state index contributed by atoms with van der Waals surface area (Å²) in [4.78, 5) is 12.8. The molecule has 5 heteroatoms. The highest BCUT2D eigenvalue weighted by Crippen LogP contribution is 2.34. The van der Waals surface area contributed by atoms with E-state index < -0.39 is 0 Å². The number of benzene rings is 3. The molecule has 3 aromatic rings. The third-order valence-electron chi connectivity index (χ3n) is 4.59. The first-order valence-corrected chi connectivity index (χ1v) is 9.15. The number of fused-ring (bicyclic) bond motifs is 1. The molecule has 0 fully saturated rings. The van der Waals surface area contributed by atoms with E-state index in [0.29, 0.717) is 42.4 Å². The predicted molar refractivity (Wildman–Crippen MR) is 108 cm³/mol. The van der Waals surface area contributed by atoms with Gasteiger partial charge in [-0.15, -0.1) is 0 Å². The van der Waals surface area contributed by atoms with Crippen molar-refractivity contribution >= 4 is 11.6 Å². The largest absolute Gasteiger partial charge is 0.496 e. The first kappa shape index (κ1) is 17.9. The van der Waals surface area contributed by atoms with Crippen LogP contribution in [0.1, 0.15) is 21.5 Å². The Morgan fingerprint density at radius 3 is 2.64 bits per heavy atom. The van der Waals surface area contributed by atoms with Crippen LogP contribution in [0.4, 0.5) is 5.69 Å². The van der Waals surface area contributed by atoms with E-state index in [-0.39, 0.29) is 5.91 Å². The molecule has 0 bridgehead atoms. The third-order valence-corrected chi connectivity index (χ3v) is 4.59. The van der Waals surface area contributed by atoms with Crippen LogP contribution in [0, 0.1) is 0 Å². The topological polar surface area (TPSA) is 56.8 Å². The Kier molecular flexibility index (Phi) is 5.15. The van der Waals surface area contributed by atoms with Crippen LogP contribution in [0.25, 0.3) is 0 Å². The summed E-state index contributed by atoms with van der Waals surface area (Å²) in [7, 11) is 1.65. The number of carbonyl (C=O) groups is 1. The molecular weight excluding hydrogens is 354 g/mol. The van der Waals surface area contributed by atoms with Crippen LogP contribution in [0.15, 0.2) is 66.7 Å². The minimum Gasteiger partial charge on any atom is -0.496 e. The minimum atomic E-state index is -0.238. The Balaban J connectivity index is 1.58. The zero-order chi connectivity index (χ0) is 19.3. The van der Waals surface area contributed by atoms with Crippen molar-refractivity contribution in [3.8, 4) is 17.2 Å². The minimum absolute atomic E-state index is 0.238. The predicted octanol–water partition coefficient (Wildman–Crippen LogP) is 4.31. The summed E-state index contributed by atoms with van der Waals surface area (Å²) in [6, 6.07) is 21.1. The first-order chi connectivity index (χ1) is 13.7. The van der Waals surface area contributed by atoms with Gasteiger partial charge in [-0.25, -0.2) is 0 Å². The van der Waals surface area contributed by atoms with Crippen LogP contribution in [-0.2, 0) is 6.42 Å². The van der Waals surface area contributed by atoms with Crippen LogP contribution in [0.3, 0.4) is 0 Å². The SMILES string of the molecule is COc1ccc(NC(=O)c2cccc3c2OCCO3)cc1Cc1ccccc1. The van der Waals surface area contributed by atoms with Gasteiger partial charge in [-0.05, 0) is 35.9 Å². The number of amides is 1. The monoisotopic (exact) mass is 375 g/mol. The van der Waals surface area contributed by atoms with E-state index in [4.69, 9.17) is 14.2 Å². The summed E-state index contributed by atoms with van der Waals surface area (Å²) in [6.45, 7) is 0.917. The van der Waals surface area contributed by atoms with Gasteiger partial charge in [-0.2, -0.15) is 0 Å². The lowest BCUT2D eigenvalue weighted by molar-refractivity contribution is 0.101. The van der Waals surface area contributed by atoms with E-state index in [2.05, 4.69) is 17.4 Å². The third kappa shape index (κ3) is 3.78. The van der Waals surface area contributed by atoms with E-state index in [1.807, 2.05) is 36.4 Å². The molecule has 1 heterocycles. The van der Waals surface area contributed by atoms with Crippen molar-refractivity contribution in [2.45, 2.75) is 6.42 Å². The highest BCUT2D eigenvalue weighted by Gasteiger charge is 2.20. The lowest BCUT2D eigenvalue weighted by Crippen LogP contribution is -2.20. The quantitative estimate of drug-likeness (QED) is 0.722. The summed E-state index contributed by atoms with van der Waals surface area (Å²) >= 11 is 0. The Morgan fingerprint density at radius 2 is 1.82 bits per heavy atom. The second kappa shape index (κ2) is 8.05. The molecule has 142 valence electrons. The lowest BCUT2D eigenvalue weighted by Gasteiger charge is -2.20. The van der Waals surface area contributed by atoms with Crippen LogP contribution in [0.5, 0.6) is 17.2 Å². The zero-order valence-corrected chi connectivity index (χ0v) is 15.6. The van der Waals surface area contributed by atoms with Crippen molar-refractivity contribution in [1.29, 1.82) is 0 Å². The van der Waals surface area contributed by atoms with Gasteiger partial charge in [-0.1, -0.05) is 36.4 Å². The Bertz CT molecular complexity index is 985. The molecule has 1 aliphatic heterocycles. The molecule has 0 saturated heterocycles. The van der Waals surface area contributed by atoms with Gasteiger partial charge in [0.2, 0.25) is 0 Å². The summed E-state index contributed by atoms with van der Waals surface area (Å²) in [5.41, 5.74) is 3.33. The standard InChI is InChI=1S/C23H21NO4/c1-26-20-11-10-18(15-17(20)14-16-6-3-2-4-7-16)24-23(25)19-8-5-9-21-22(19)28-13-12-27-21/h2-11,15H,12-14H2,1H3,(H,24,25). The molecule has 28 heavy (non-hydrogen) atoms. The maximum Gasteiger partial charge on any atom is 0.259 e. The van der Waals surface area contributed by atoms with Crippen LogP contribution >= 0.6 is 0 Å². The molecule has 0 aliphatic carbocycles. The highest BCUT2D eigenvalue weighted by atomic mass is 16.6. The second-order valence-corrected chi connectivity index (χ2v) is 6.47. The number of anilines is 1. The summed E-state index contributed by atoms with van der Waals surface area (Å²) < 4.78 is 16.7. The van der Waals surface area contributed by atoms with E-state index in [0.717, 1.165) is 11.3 Å². The van der Waals surface area contributed by atoms with Gasteiger partial charge in [-0.3, -0.25) is 4.79 Å². The molecule has 0 aromatic heterocycles. The van der Waals surface area contributed by atoms with Crippen LogP contribution in [0.2, 0.25) is 0 Å². The molecule has 1 aliphatic rings. The number of nitrogens with one attached hydrogen (secondary N) is 1. The fraction of sp³-hybridized carbons (Fsp3) is 0.174. The van der Waals surface area contributed by atoms with Crippen molar-refractivity contribution in [2.24, 2.45) is 0 Å². The lowest BCUT2D eigenvalue weighted by atomic mass is 10.0. The molecule has 3 aromatic carbocycles. The second-order valence-electron chi connectivity index (χ2n) is 6.47. The smallest absolute Gasteiger partial charge is 0.259 e. The molecule has 0 radical (unpaired) electrons. The highest BCUT2D eigenvalue weighted by molar-refractivity contribution is 6.06. The van der Waals surface area contributed by atoms with E-state index in [1.165, 1.54) is 5.56 Å². The van der Waals surface area contributed by atoms with Crippen molar-refractivity contribution in [1.82, 2.24) is 0 Å². The fourth-order valence-electron chi connectivity index (χ4n) is 3.26. The van der Waals surface area contributed by atoms with Crippen molar-refractivity contribution in [2.75, 3.05) is 25.6 Å². The van der Waals surface area contributed by atoms with Gasteiger partial charge in [0, 0.05) is 17.7 Å². The molecule has 0 atom stereocenters. The number of ether oxygens (including phenoxy) is 3.